The lowest BCUT2D eigenvalue weighted by Crippen LogP contribution is -2.13. The summed E-state index contributed by atoms with van der Waals surface area (Å²) in [5, 5.41) is 20.1. The summed E-state index contributed by atoms with van der Waals surface area (Å²) < 4.78 is 0. The molecule has 0 aromatic heterocycles. The first kappa shape index (κ1) is 8.83. The predicted octanol–water partition coefficient (Wildman–Crippen LogP) is 1.34. The van der Waals surface area contributed by atoms with Crippen molar-refractivity contribution in [3.05, 3.63) is 24.3 Å². The van der Waals surface area contributed by atoms with Gasteiger partial charge in [-0.05, 0) is 18.2 Å². The zero-order valence-electron chi connectivity index (χ0n) is 7.10. The van der Waals surface area contributed by atoms with Crippen molar-refractivity contribution in [2.45, 2.75) is 0 Å². The summed E-state index contributed by atoms with van der Waals surface area (Å²) in [6.07, 6.45) is 0. The predicted molar refractivity (Wildman–Crippen MR) is 46.8 cm³/mol. The van der Waals surface area contributed by atoms with E-state index in [2.05, 4.69) is 0 Å². The van der Waals surface area contributed by atoms with Gasteiger partial charge in [-0.15, -0.1) is 0 Å². The molecule has 1 aromatic carbocycles. The minimum atomic E-state index is 0.633. The molecule has 0 radical (unpaired) electrons. The molecule has 0 saturated heterocycles. The van der Waals surface area contributed by atoms with Crippen molar-refractivity contribution in [2.24, 2.45) is 0 Å². The third kappa shape index (κ3) is 1.87. The van der Waals surface area contributed by atoms with Crippen LogP contribution in [0.15, 0.2) is 24.3 Å². The van der Waals surface area contributed by atoms with Gasteiger partial charge in [0, 0.05) is 14.1 Å². The highest BCUT2D eigenvalue weighted by atomic mass is 16.5. The van der Waals surface area contributed by atoms with Crippen LogP contribution in [-0.2, 0) is 0 Å². The Morgan fingerprint density at radius 2 is 1.42 bits per heavy atom. The Labute approximate surface area is 71.2 Å². The summed E-state index contributed by atoms with van der Waals surface area (Å²) in [5.41, 5.74) is 1.27. The minimum Gasteiger partial charge on any atom is -0.289 e. The van der Waals surface area contributed by atoms with E-state index in [-0.39, 0.29) is 0 Å². The van der Waals surface area contributed by atoms with Crippen LogP contribution < -0.4 is 10.1 Å². The summed E-state index contributed by atoms with van der Waals surface area (Å²) in [6, 6.07) is 6.91. The highest BCUT2D eigenvalue weighted by Gasteiger charge is 2.00. The first-order valence-electron chi connectivity index (χ1n) is 3.56. The molecular weight excluding hydrogens is 156 g/mol. The van der Waals surface area contributed by atoms with Crippen LogP contribution in [0, 0.1) is 0 Å². The molecule has 0 atom stereocenters. The number of benzene rings is 1. The maximum absolute atomic E-state index is 9.06. The number of hydroxylamine groups is 2. The molecule has 2 N–H and O–H groups in total. The zero-order valence-corrected chi connectivity index (χ0v) is 7.10. The lowest BCUT2D eigenvalue weighted by Gasteiger charge is -2.14. The van der Waals surface area contributed by atoms with E-state index in [1.54, 1.807) is 24.3 Å². The number of anilines is 2. The molecule has 0 unspecified atom stereocenters. The van der Waals surface area contributed by atoms with Crippen molar-refractivity contribution < 1.29 is 10.4 Å². The van der Waals surface area contributed by atoms with Crippen LogP contribution in [-0.4, -0.2) is 24.5 Å². The van der Waals surface area contributed by atoms with Crippen LogP contribution in [0.1, 0.15) is 0 Å². The molecule has 0 fully saturated rings. The molecule has 12 heavy (non-hydrogen) atoms. The Morgan fingerprint density at radius 1 is 1.00 bits per heavy atom. The van der Waals surface area contributed by atoms with Gasteiger partial charge in [-0.1, -0.05) is 6.07 Å². The lowest BCUT2D eigenvalue weighted by atomic mass is 10.3. The number of hydrogen-bond acceptors (Lipinski definition) is 4. The Hall–Kier alpha value is -1.26. The molecule has 0 aliphatic carbocycles. The quantitative estimate of drug-likeness (QED) is 0.654. The van der Waals surface area contributed by atoms with Crippen molar-refractivity contribution in [3.63, 3.8) is 0 Å². The summed E-state index contributed by atoms with van der Waals surface area (Å²) in [7, 11) is 3.05. The second kappa shape index (κ2) is 3.42. The van der Waals surface area contributed by atoms with E-state index in [4.69, 9.17) is 10.4 Å². The molecule has 0 bridgehead atoms. The monoisotopic (exact) mass is 168 g/mol. The molecular formula is C8H12N2O2. The summed E-state index contributed by atoms with van der Waals surface area (Å²) in [5.74, 6) is 0. The van der Waals surface area contributed by atoms with Crippen molar-refractivity contribution >= 4 is 11.4 Å². The fraction of sp³-hybridized carbons (Fsp3) is 0.250. The van der Waals surface area contributed by atoms with E-state index >= 15 is 0 Å². The van der Waals surface area contributed by atoms with Crippen LogP contribution in [0.25, 0.3) is 0 Å². The topological polar surface area (TPSA) is 46.9 Å². The largest absolute Gasteiger partial charge is 0.289 e. The third-order valence-corrected chi connectivity index (χ3v) is 1.58. The van der Waals surface area contributed by atoms with E-state index in [9.17, 15) is 0 Å². The van der Waals surface area contributed by atoms with Crippen LogP contribution >= 0.6 is 0 Å². The number of hydrogen-bond donors (Lipinski definition) is 2. The van der Waals surface area contributed by atoms with Gasteiger partial charge >= 0.3 is 0 Å². The van der Waals surface area contributed by atoms with Crippen LogP contribution in [0.4, 0.5) is 11.4 Å². The number of rotatable bonds is 2. The van der Waals surface area contributed by atoms with Gasteiger partial charge in [0.15, 0.2) is 0 Å². The van der Waals surface area contributed by atoms with Gasteiger partial charge < -0.3 is 0 Å². The second-order valence-electron chi connectivity index (χ2n) is 2.57. The van der Waals surface area contributed by atoms with Gasteiger partial charge in [-0.3, -0.25) is 20.5 Å². The Morgan fingerprint density at radius 3 is 1.75 bits per heavy atom. The van der Waals surface area contributed by atoms with Gasteiger partial charge in [0.1, 0.15) is 0 Å². The third-order valence-electron chi connectivity index (χ3n) is 1.58. The molecule has 0 heterocycles. The summed E-state index contributed by atoms with van der Waals surface area (Å²) in [4.78, 5) is 0. The van der Waals surface area contributed by atoms with Gasteiger partial charge in [-0.2, -0.15) is 0 Å². The van der Waals surface area contributed by atoms with Crippen LogP contribution in [0.3, 0.4) is 0 Å². The van der Waals surface area contributed by atoms with Crippen LogP contribution in [0.2, 0.25) is 0 Å². The standard InChI is InChI=1S/C8H12N2O2/c1-9(11)7-4-3-5-8(6-7)10(2)12/h3-6,11-12H,1-2H3. The summed E-state index contributed by atoms with van der Waals surface area (Å²) >= 11 is 0. The maximum Gasteiger partial charge on any atom is 0.0652 e. The van der Waals surface area contributed by atoms with Crippen molar-refractivity contribution in [1.29, 1.82) is 0 Å². The molecule has 0 aliphatic rings. The SMILES string of the molecule is CN(O)c1cccc(N(C)O)c1. The van der Waals surface area contributed by atoms with E-state index in [0.29, 0.717) is 11.4 Å². The minimum absolute atomic E-state index is 0.633. The van der Waals surface area contributed by atoms with Crippen molar-refractivity contribution in [3.8, 4) is 0 Å². The van der Waals surface area contributed by atoms with E-state index in [1.165, 1.54) is 14.1 Å². The zero-order chi connectivity index (χ0) is 9.14. The maximum atomic E-state index is 9.06. The average molecular weight is 168 g/mol. The normalized spacial score (nSPS) is 9.67. The second-order valence-corrected chi connectivity index (χ2v) is 2.57. The molecule has 1 aromatic rings. The Bertz CT molecular complexity index is 238. The molecule has 0 spiro atoms. The first-order chi connectivity index (χ1) is 5.61. The van der Waals surface area contributed by atoms with Crippen LogP contribution in [0.5, 0.6) is 0 Å². The highest BCUT2D eigenvalue weighted by Crippen LogP contribution is 2.18. The molecule has 0 aliphatic heterocycles. The Kier molecular flexibility index (Phi) is 2.52. The molecule has 4 heteroatoms. The fourth-order valence-corrected chi connectivity index (χ4v) is 0.896. The Balaban J connectivity index is 2.96. The van der Waals surface area contributed by atoms with Gasteiger partial charge in [0.2, 0.25) is 0 Å². The van der Waals surface area contributed by atoms with Gasteiger partial charge in [0.25, 0.3) is 0 Å². The van der Waals surface area contributed by atoms with E-state index < -0.39 is 0 Å². The van der Waals surface area contributed by atoms with E-state index in [0.717, 1.165) is 10.1 Å². The molecule has 4 nitrogen and oxygen atoms in total. The van der Waals surface area contributed by atoms with Crippen molar-refractivity contribution in [2.75, 3.05) is 24.2 Å². The number of nitrogens with zero attached hydrogens (tertiary/aromatic N) is 2. The van der Waals surface area contributed by atoms with Gasteiger partial charge in [0.05, 0.1) is 11.4 Å². The molecule has 0 saturated carbocycles. The molecule has 1 rings (SSSR count). The summed E-state index contributed by atoms with van der Waals surface area (Å²) in [6.45, 7) is 0. The lowest BCUT2D eigenvalue weighted by molar-refractivity contribution is 0.275. The molecule has 66 valence electrons. The fourth-order valence-electron chi connectivity index (χ4n) is 0.896. The van der Waals surface area contributed by atoms with E-state index in [1.807, 2.05) is 0 Å². The van der Waals surface area contributed by atoms with Crippen molar-refractivity contribution in [1.82, 2.24) is 0 Å². The molecule has 0 amide bonds. The highest BCUT2D eigenvalue weighted by molar-refractivity contribution is 5.56. The average Bonchev–Trinajstić information content (AvgIpc) is 2.04. The smallest absolute Gasteiger partial charge is 0.0652 e. The van der Waals surface area contributed by atoms with Gasteiger partial charge in [-0.25, -0.2) is 0 Å². The first-order valence-corrected chi connectivity index (χ1v) is 3.56.